The molecule has 2 fully saturated rings. The molecule has 1 N–H and O–H groups in total. The minimum atomic E-state index is 0.0313. The first-order valence-corrected chi connectivity index (χ1v) is 14.8. The number of carbonyl (C=O) groups is 1. The van der Waals surface area contributed by atoms with Crippen molar-refractivity contribution in [3.8, 4) is 27.4 Å². The van der Waals surface area contributed by atoms with E-state index in [4.69, 9.17) is 9.72 Å². The number of ether oxygens (including phenoxy) is 1. The molecule has 3 aliphatic heterocycles. The Morgan fingerprint density at radius 2 is 1.82 bits per heavy atom. The number of aromatic nitrogens is 1. The van der Waals surface area contributed by atoms with Gasteiger partial charge in [-0.05, 0) is 74.9 Å². The highest BCUT2D eigenvalue weighted by Gasteiger charge is 2.42. The van der Waals surface area contributed by atoms with Gasteiger partial charge in [0, 0.05) is 49.6 Å². The van der Waals surface area contributed by atoms with Crippen molar-refractivity contribution in [3.05, 3.63) is 58.1 Å². The zero-order valence-electron chi connectivity index (χ0n) is 22.8. The molecule has 6 rings (SSSR count). The number of rotatable bonds is 7. The molecule has 1 aromatic heterocycles. The van der Waals surface area contributed by atoms with Crippen molar-refractivity contribution in [1.29, 1.82) is 0 Å². The number of carbonyl (C=O) groups excluding carboxylic acids is 1. The number of nitrogens with one attached hydrogen (secondary N) is 1. The highest BCUT2D eigenvalue weighted by atomic mass is 32.1. The number of nitrogens with zero attached hydrogens (tertiary/aromatic N) is 3. The van der Waals surface area contributed by atoms with E-state index in [2.05, 4.69) is 72.4 Å². The molecule has 3 aliphatic rings. The summed E-state index contributed by atoms with van der Waals surface area (Å²) in [6.07, 6.45) is 4.80. The second-order valence-electron chi connectivity index (χ2n) is 11.3. The number of likely N-dealkylation sites (N-methyl/N-ethyl adjacent to an activating group) is 1. The van der Waals surface area contributed by atoms with E-state index in [1.165, 1.54) is 38.4 Å². The molecule has 0 aliphatic carbocycles. The monoisotopic (exact) mass is 530 g/mol. The van der Waals surface area contributed by atoms with Crippen molar-refractivity contribution in [2.75, 3.05) is 39.8 Å². The van der Waals surface area contributed by atoms with Crippen LogP contribution in [0.5, 0.6) is 5.75 Å². The lowest BCUT2D eigenvalue weighted by Crippen LogP contribution is -2.44. The van der Waals surface area contributed by atoms with Crippen molar-refractivity contribution in [2.45, 2.75) is 58.0 Å². The molecule has 38 heavy (non-hydrogen) atoms. The lowest BCUT2D eigenvalue weighted by molar-refractivity contribution is -0.119. The van der Waals surface area contributed by atoms with Crippen LogP contribution in [0.1, 0.15) is 47.4 Å². The Balaban J connectivity index is 1.12. The summed E-state index contributed by atoms with van der Waals surface area (Å²) in [6.45, 7) is 10.2. The number of hydrogen-bond acceptors (Lipinski definition) is 6. The quantitative estimate of drug-likeness (QED) is 0.425. The molecule has 0 saturated carbocycles. The number of hydrogen-bond donors (Lipinski definition) is 1. The van der Waals surface area contributed by atoms with Crippen LogP contribution in [0.15, 0.2) is 36.4 Å². The highest BCUT2D eigenvalue weighted by Crippen LogP contribution is 2.39. The second-order valence-corrected chi connectivity index (χ2v) is 12.4. The summed E-state index contributed by atoms with van der Waals surface area (Å²) in [5.74, 6) is 1.17. The predicted molar refractivity (Wildman–Crippen MR) is 154 cm³/mol. The van der Waals surface area contributed by atoms with Crippen LogP contribution in [0.3, 0.4) is 0 Å². The Morgan fingerprint density at radius 1 is 1.03 bits per heavy atom. The van der Waals surface area contributed by atoms with E-state index in [1.807, 2.05) is 11.3 Å². The van der Waals surface area contributed by atoms with Crippen LogP contribution >= 0.6 is 11.3 Å². The number of likely N-dealkylation sites (tertiary alicyclic amines) is 1. The number of fused-ring (bicyclic) bond motifs is 1. The van der Waals surface area contributed by atoms with Crippen LogP contribution in [-0.2, 0) is 17.8 Å². The van der Waals surface area contributed by atoms with Gasteiger partial charge in [0.15, 0.2) is 0 Å². The lowest BCUT2D eigenvalue weighted by Gasteiger charge is -2.24. The molecule has 1 unspecified atom stereocenters. The predicted octanol–water partition coefficient (Wildman–Crippen LogP) is 5.21. The molecule has 1 spiro atoms. The van der Waals surface area contributed by atoms with Crippen molar-refractivity contribution >= 4 is 17.2 Å². The van der Waals surface area contributed by atoms with E-state index in [0.717, 1.165) is 69.2 Å². The van der Waals surface area contributed by atoms with Gasteiger partial charge in [-0.1, -0.05) is 30.3 Å². The third-order valence-corrected chi connectivity index (χ3v) is 9.79. The Bertz CT molecular complexity index is 1350. The van der Waals surface area contributed by atoms with Gasteiger partial charge in [0.05, 0.1) is 17.8 Å². The van der Waals surface area contributed by atoms with Gasteiger partial charge in [-0.3, -0.25) is 4.79 Å². The first-order chi connectivity index (χ1) is 18.4. The fraction of sp³-hybridized carbons (Fsp3) is 0.484. The average Bonchev–Trinajstić information content (AvgIpc) is 3.61. The van der Waals surface area contributed by atoms with Crippen molar-refractivity contribution < 1.29 is 9.53 Å². The molecular formula is C31H38N4O2S. The molecule has 0 radical (unpaired) electrons. The second kappa shape index (κ2) is 10.4. The summed E-state index contributed by atoms with van der Waals surface area (Å²) in [5, 5.41) is 4.36. The summed E-state index contributed by atoms with van der Waals surface area (Å²) in [5.41, 5.74) is 7.43. The van der Waals surface area contributed by atoms with Gasteiger partial charge in [0.2, 0.25) is 5.91 Å². The summed E-state index contributed by atoms with van der Waals surface area (Å²) in [6, 6.07) is 13.0. The maximum Gasteiger partial charge on any atom is 0.220 e. The standard InChI is InChI=1S/C31H38N4O2S/c1-21-23(7-4-9-25(21)30-32-26-19-34(3)16-12-28(26)38-30)24-8-5-10-27(22(24)2)37-18-6-15-35-17-14-31(20-35)13-11-29(36)33-31/h4-5,7-10H,6,11-20H2,1-3H3,(H,33,36). The largest absolute Gasteiger partial charge is 0.493 e. The summed E-state index contributed by atoms with van der Waals surface area (Å²) >= 11 is 1.86. The van der Waals surface area contributed by atoms with E-state index in [0.29, 0.717) is 13.0 Å². The Labute approximate surface area is 230 Å². The first kappa shape index (κ1) is 25.5. The molecule has 6 nitrogen and oxygen atoms in total. The lowest BCUT2D eigenvalue weighted by atomic mass is 9.93. The topological polar surface area (TPSA) is 57.7 Å². The van der Waals surface area contributed by atoms with Gasteiger partial charge >= 0.3 is 0 Å². The highest BCUT2D eigenvalue weighted by molar-refractivity contribution is 7.15. The molecule has 7 heteroatoms. The van der Waals surface area contributed by atoms with Gasteiger partial charge in [-0.2, -0.15) is 0 Å². The molecule has 2 aromatic carbocycles. The number of benzene rings is 2. The summed E-state index contributed by atoms with van der Waals surface area (Å²) < 4.78 is 6.30. The van der Waals surface area contributed by atoms with E-state index >= 15 is 0 Å². The van der Waals surface area contributed by atoms with Crippen LogP contribution in [0.25, 0.3) is 21.7 Å². The maximum absolute atomic E-state index is 11.7. The first-order valence-electron chi connectivity index (χ1n) is 13.9. The molecule has 200 valence electrons. The van der Waals surface area contributed by atoms with Crippen LogP contribution in [-0.4, -0.2) is 66.1 Å². The van der Waals surface area contributed by atoms with E-state index < -0.39 is 0 Å². The van der Waals surface area contributed by atoms with Crippen LogP contribution in [0.2, 0.25) is 0 Å². The molecule has 3 aromatic rings. The van der Waals surface area contributed by atoms with Gasteiger partial charge in [-0.25, -0.2) is 4.98 Å². The molecule has 0 bridgehead atoms. The molecule has 1 atom stereocenters. The zero-order valence-corrected chi connectivity index (χ0v) is 23.6. The van der Waals surface area contributed by atoms with Gasteiger partial charge in [-0.15, -0.1) is 11.3 Å². The zero-order chi connectivity index (χ0) is 26.3. The number of amides is 1. The van der Waals surface area contributed by atoms with E-state index in [1.54, 1.807) is 0 Å². The molecule has 4 heterocycles. The Morgan fingerprint density at radius 3 is 2.63 bits per heavy atom. The smallest absolute Gasteiger partial charge is 0.220 e. The fourth-order valence-corrected chi connectivity index (χ4v) is 7.51. The average molecular weight is 531 g/mol. The minimum absolute atomic E-state index is 0.0313. The van der Waals surface area contributed by atoms with E-state index in [9.17, 15) is 4.79 Å². The van der Waals surface area contributed by atoms with Crippen LogP contribution < -0.4 is 10.1 Å². The van der Waals surface area contributed by atoms with Crippen molar-refractivity contribution in [3.63, 3.8) is 0 Å². The molecular weight excluding hydrogens is 492 g/mol. The molecule has 2 saturated heterocycles. The third-order valence-electron chi connectivity index (χ3n) is 8.60. The van der Waals surface area contributed by atoms with Gasteiger partial charge < -0.3 is 19.9 Å². The van der Waals surface area contributed by atoms with Crippen LogP contribution in [0.4, 0.5) is 0 Å². The Hall–Kier alpha value is -2.74. The van der Waals surface area contributed by atoms with Gasteiger partial charge in [0.25, 0.3) is 0 Å². The normalized spacial score (nSPS) is 21.7. The SMILES string of the molecule is Cc1c(OCCCN2CCC3(CCC(=O)N3)C2)cccc1-c1cccc(-c2nc3c(s2)CCN(C)C3)c1C. The van der Waals surface area contributed by atoms with Crippen molar-refractivity contribution in [1.82, 2.24) is 20.1 Å². The Kier molecular flexibility index (Phi) is 7.01. The maximum atomic E-state index is 11.7. The van der Waals surface area contributed by atoms with Crippen molar-refractivity contribution in [2.24, 2.45) is 0 Å². The van der Waals surface area contributed by atoms with E-state index in [-0.39, 0.29) is 11.4 Å². The van der Waals surface area contributed by atoms with Crippen LogP contribution in [0, 0.1) is 13.8 Å². The summed E-state index contributed by atoms with van der Waals surface area (Å²) in [4.78, 5) is 23.0. The minimum Gasteiger partial charge on any atom is -0.493 e. The molecule has 1 amide bonds. The number of thiazole rings is 1. The third kappa shape index (κ3) is 4.99. The fourth-order valence-electron chi connectivity index (χ4n) is 6.37. The summed E-state index contributed by atoms with van der Waals surface area (Å²) in [7, 11) is 2.17. The van der Waals surface area contributed by atoms with Gasteiger partial charge in [0.1, 0.15) is 10.8 Å².